The molecule has 4 aliphatic rings. The van der Waals surface area contributed by atoms with Crippen molar-refractivity contribution in [1.82, 2.24) is 15.2 Å². The number of pyridine rings is 1. The molecule has 0 atom stereocenters. The van der Waals surface area contributed by atoms with Crippen molar-refractivity contribution in [2.45, 2.75) is 82.8 Å². The number of hydrogen-bond donors (Lipinski definition) is 2. The second-order valence-corrected chi connectivity index (χ2v) is 11.3. The number of anilines is 1. The van der Waals surface area contributed by atoms with Gasteiger partial charge in [0.15, 0.2) is 11.6 Å². The van der Waals surface area contributed by atoms with Crippen LogP contribution in [0.2, 0.25) is 0 Å². The van der Waals surface area contributed by atoms with Gasteiger partial charge in [0.25, 0.3) is 0 Å². The predicted octanol–water partition coefficient (Wildman–Crippen LogP) is 3.14. The van der Waals surface area contributed by atoms with E-state index >= 15 is 0 Å². The van der Waals surface area contributed by atoms with E-state index in [1.165, 1.54) is 31.4 Å². The average Bonchev–Trinajstić information content (AvgIpc) is 3.33. The lowest BCUT2D eigenvalue weighted by atomic mass is 9.79. The van der Waals surface area contributed by atoms with Gasteiger partial charge < -0.3 is 20.1 Å². The van der Waals surface area contributed by atoms with E-state index < -0.39 is 5.60 Å². The highest BCUT2D eigenvalue weighted by Crippen LogP contribution is 2.35. The van der Waals surface area contributed by atoms with Crippen molar-refractivity contribution in [2.24, 2.45) is 11.8 Å². The fourth-order valence-electron chi connectivity index (χ4n) is 6.28. The zero-order valence-corrected chi connectivity index (χ0v) is 20.8. The number of amides is 1. The Morgan fingerprint density at radius 3 is 2.62 bits per heavy atom. The maximum absolute atomic E-state index is 12.7. The summed E-state index contributed by atoms with van der Waals surface area (Å²) in [5.74, 6) is 3.14. The number of hydrogen-bond acceptors (Lipinski definition) is 6. The molecule has 7 heteroatoms. The van der Waals surface area contributed by atoms with Crippen LogP contribution in [0.4, 0.5) is 5.82 Å². The molecule has 0 aromatic carbocycles. The Kier molecular flexibility index (Phi) is 7.30. The molecule has 0 radical (unpaired) electrons. The molecule has 0 spiro atoms. The first-order chi connectivity index (χ1) is 16.5. The highest BCUT2D eigenvalue weighted by molar-refractivity contribution is 5.79. The monoisotopic (exact) mass is 470 g/mol. The molecule has 2 N–H and O–H groups in total. The summed E-state index contributed by atoms with van der Waals surface area (Å²) in [6.45, 7) is 8.06. The van der Waals surface area contributed by atoms with Gasteiger partial charge in [-0.3, -0.25) is 9.69 Å². The van der Waals surface area contributed by atoms with Crippen molar-refractivity contribution in [1.29, 1.82) is 0 Å². The molecule has 1 aromatic rings. The number of fused-ring (bicyclic) bond motifs is 1. The Bertz CT molecular complexity index is 834. The lowest BCUT2D eigenvalue weighted by Gasteiger charge is -2.37. The number of carbonyl (C=O) groups is 1. The average molecular weight is 471 g/mol. The van der Waals surface area contributed by atoms with E-state index in [0.717, 1.165) is 95.2 Å². The van der Waals surface area contributed by atoms with Gasteiger partial charge >= 0.3 is 0 Å². The first-order valence-corrected chi connectivity index (χ1v) is 13.6. The molecule has 5 rings (SSSR count). The molecular formula is C27H42N4O3. The summed E-state index contributed by atoms with van der Waals surface area (Å²) in [6.07, 6.45) is 12.0. The number of rotatable bonds is 6. The zero-order chi connectivity index (χ0) is 23.5. The molecule has 2 aliphatic carbocycles. The molecule has 1 amide bonds. The van der Waals surface area contributed by atoms with E-state index in [1.807, 2.05) is 13.1 Å². The number of nitrogens with one attached hydrogen (secondary N) is 1. The Morgan fingerprint density at radius 1 is 1.15 bits per heavy atom. The summed E-state index contributed by atoms with van der Waals surface area (Å²) in [5.41, 5.74) is 0.722. The van der Waals surface area contributed by atoms with Crippen LogP contribution in [0.3, 0.4) is 0 Å². The molecule has 3 fully saturated rings. The van der Waals surface area contributed by atoms with Crippen LogP contribution in [-0.4, -0.2) is 71.9 Å². The van der Waals surface area contributed by atoms with Crippen molar-refractivity contribution in [2.75, 3.05) is 44.2 Å². The standard InChI is InChI=1S/C27H42N4O3/c1-27(33)11-6-22(7-12-27)26(32)29-23-4-2-20(3-5-23)9-14-30-15-17-31(18-16-30)25-24-21(8-13-28-25)10-19-34-24/h8,13,20,22-23,33H,2-7,9-12,14-19H2,1H3,(H,29,32)/t20?,22-,23?,27+. The zero-order valence-electron chi connectivity index (χ0n) is 20.8. The van der Waals surface area contributed by atoms with Gasteiger partial charge in [-0.2, -0.15) is 0 Å². The summed E-state index contributed by atoms with van der Waals surface area (Å²) in [4.78, 5) is 22.3. The first kappa shape index (κ1) is 23.9. The number of aromatic nitrogens is 1. The van der Waals surface area contributed by atoms with Gasteiger partial charge in [-0.15, -0.1) is 0 Å². The third-order valence-electron chi connectivity index (χ3n) is 8.74. The highest BCUT2D eigenvalue weighted by atomic mass is 16.5. The minimum Gasteiger partial charge on any atom is -0.489 e. The van der Waals surface area contributed by atoms with Crippen molar-refractivity contribution >= 4 is 11.7 Å². The number of aliphatic hydroxyl groups is 1. The van der Waals surface area contributed by atoms with Crippen LogP contribution in [0.25, 0.3) is 0 Å². The van der Waals surface area contributed by atoms with Gasteiger partial charge in [0, 0.05) is 56.3 Å². The Balaban J connectivity index is 0.990. The summed E-state index contributed by atoms with van der Waals surface area (Å²) in [7, 11) is 0. The fourth-order valence-corrected chi connectivity index (χ4v) is 6.28. The lowest BCUT2D eigenvalue weighted by Crippen LogP contribution is -2.47. The van der Waals surface area contributed by atoms with E-state index in [-0.39, 0.29) is 11.8 Å². The minimum atomic E-state index is -0.575. The Labute approximate surface area is 204 Å². The second kappa shape index (κ2) is 10.4. The molecule has 1 aromatic heterocycles. The van der Waals surface area contributed by atoms with Crippen LogP contribution >= 0.6 is 0 Å². The van der Waals surface area contributed by atoms with Gasteiger partial charge in [0.1, 0.15) is 0 Å². The molecule has 1 saturated heterocycles. The van der Waals surface area contributed by atoms with Gasteiger partial charge in [0.05, 0.1) is 12.2 Å². The van der Waals surface area contributed by atoms with Crippen LogP contribution in [0, 0.1) is 11.8 Å². The largest absolute Gasteiger partial charge is 0.489 e. The molecule has 7 nitrogen and oxygen atoms in total. The first-order valence-electron chi connectivity index (χ1n) is 13.6. The smallest absolute Gasteiger partial charge is 0.223 e. The normalized spacial score (nSPS) is 32.2. The molecule has 3 heterocycles. The molecule has 2 saturated carbocycles. The van der Waals surface area contributed by atoms with Crippen molar-refractivity contribution in [3.8, 4) is 5.75 Å². The van der Waals surface area contributed by atoms with E-state index in [0.29, 0.717) is 6.04 Å². The topological polar surface area (TPSA) is 77.9 Å². The third kappa shape index (κ3) is 5.68. The maximum Gasteiger partial charge on any atom is 0.223 e. The van der Waals surface area contributed by atoms with Gasteiger partial charge in [0.2, 0.25) is 5.91 Å². The van der Waals surface area contributed by atoms with E-state index in [4.69, 9.17) is 4.74 Å². The van der Waals surface area contributed by atoms with Crippen LogP contribution in [-0.2, 0) is 11.2 Å². The van der Waals surface area contributed by atoms with Gasteiger partial charge in [-0.25, -0.2) is 4.98 Å². The highest BCUT2D eigenvalue weighted by Gasteiger charge is 2.33. The number of ether oxygens (including phenoxy) is 1. The Morgan fingerprint density at radius 2 is 1.88 bits per heavy atom. The van der Waals surface area contributed by atoms with Crippen LogP contribution in [0.5, 0.6) is 5.75 Å². The summed E-state index contributed by atoms with van der Waals surface area (Å²) in [6, 6.07) is 2.43. The summed E-state index contributed by atoms with van der Waals surface area (Å²) >= 11 is 0. The molecule has 0 unspecified atom stereocenters. The van der Waals surface area contributed by atoms with Crippen molar-refractivity contribution < 1.29 is 14.6 Å². The maximum atomic E-state index is 12.7. The SMILES string of the molecule is C[C@]1(O)CC[C@@H](C(=O)NC2CCC(CCN3CCN(c4nccc5c4OCC5)CC3)CC2)CC1. The quantitative estimate of drug-likeness (QED) is 0.665. The van der Waals surface area contributed by atoms with E-state index in [2.05, 4.69) is 26.2 Å². The molecule has 188 valence electrons. The summed E-state index contributed by atoms with van der Waals surface area (Å²) < 4.78 is 5.86. The van der Waals surface area contributed by atoms with Crippen molar-refractivity contribution in [3.05, 3.63) is 17.8 Å². The Hall–Kier alpha value is -1.86. The summed E-state index contributed by atoms with van der Waals surface area (Å²) in [5, 5.41) is 13.5. The minimum absolute atomic E-state index is 0.0929. The van der Waals surface area contributed by atoms with Gasteiger partial charge in [-0.1, -0.05) is 0 Å². The van der Waals surface area contributed by atoms with Crippen molar-refractivity contribution in [3.63, 3.8) is 0 Å². The van der Waals surface area contributed by atoms with E-state index in [9.17, 15) is 9.90 Å². The molecular weight excluding hydrogens is 428 g/mol. The number of nitrogens with zero attached hydrogens (tertiary/aromatic N) is 3. The number of carbonyl (C=O) groups excluding carboxylic acids is 1. The molecule has 0 bridgehead atoms. The fraction of sp³-hybridized carbons (Fsp3) is 0.778. The van der Waals surface area contributed by atoms with Gasteiger partial charge in [-0.05, 0) is 83.2 Å². The predicted molar refractivity (Wildman–Crippen MR) is 133 cm³/mol. The van der Waals surface area contributed by atoms with E-state index in [1.54, 1.807) is 0 Å². The van der Waals surface area contributed by atoms with Crippen LogP contribution in [0.1, 0.15) is 70.3 Å². The lowest BCUT2D eigenvalue weighted by molar-refractivity contribution is -0.128. The van der Waals surface area contributed by atoms with Crippen LogP contribution < -0.4 is 15.0 Å². The number of piperazine rings is 1. The third-order valence-corrected chi connectivity index (χ3v) is 8.74. The molecule has 2 aliphatic heterocycles. The second-order valence-electron chi connectivity index (χ2n) is 11.3. The van der Waals surface area contributed by atoms with Crippen LogP contribution in [0.15, 0.2) is 12.3 Å². The molecule has 34 heavy (non-hydrogen) atoms.